The lowest BCUT2D eigenvalue weighted by molar-refractivity contribution is 0.594. The van der Waals surface area contributed by atoms with Crippen molar-refractivity contribution in [3.8, 4) is 0 Å². The number of rotatable bonds is 5. The van der Waals surface area contributed by atoms with Gasteiger partial charge >= 0.3 is 0 Å². The monoisotopic (exact) mass is 226 g/mol. The van der Waals surface area contributed by atoms with Crippen LogP contribution in [0, 0.1) is 0 Å². The Labute approximate surface area is 92.2 Å². The average Bonchev–Trinajstić information content (AvgIpc) is 2.19. The molecule has 0 atom stereocenters. The van der Waals surface area contributed by atoms with Gasteiger partial charge in [-0.25, -0.2) is 8.42 Å². The highest BCUT2D eigenvalue weighted by Crippen LogP contribution is 2.14. The van der Waals surface area contributed by atoms with Crippen molar-refractivity contribution in [3.63, 3.8) is 0 Å². The van der Waals surface area contributed by atoms with Gasteiger partial charge in [-0.2, -0.15) is 0 Å². The molecule has 3 heteroatoms. The average molecular weight is 226 g/mol. The molecule has 0 unspecified atom stereocenters. The molecule has 0 saturated heterocycles. The molecule has 2 nitrogen and oxygen atoms in total. The van der Waals surface area contributed by atoms with Crippen LogP contribution in [0.2, 0.25) is 0 Å². The molecule has 1 rings (SSSR count). The Bertz CT molecular complexity index is 390. The topological polar surface area (TPSA) is 34.1 Å². The molecule has 0 aliphatic carbocycles. The molecular formula is C12H18O2S. The molecule has 0 bridgehead atoms. The zero-order valence-corrected chi connectivity index (χ0v) is 10.2. The molecule has 0 aliphatic rings. The first-order valence-corrected chi connectivity index (χ1v) is 7.07. The van der Waals surface area contributed by atoms with E-state index in [4.69, 9.17) is 0 Å². The minimum Gasteiger partial charge on any atom is -0.224 e. The van der Waals surface area contributed by atoms with Crippen LogP contribution in [-0.2, 0) is 16.3 Å². The normalized spacial score (nSPS) is 11.6. The molecule has 84 valence electrons. The summed E-state index contributed by atoms with van der Waals surface area (Å²) in [4.78, 5) is 0.448. The van der Waals surface area contributed by atoms with Crippen molar-refractivity contribution in [2.24, 2.45) is 0 Å². The van der Waals surface area contributed by atoms with Gasteiger partial charge < -0.3 is 0 Å². The van der Waals surface area contributed by atoms with Crippen molar-refractivity contribution in [2.45, 2.75) is 38.0 Å². The first-order valence-electron chi connectivity index (χ1n) is 5.42. The smallest absolute Gasteiger partial charge is 0.178 e. The summed E-state index contributed by atoms with van der Waals surface area (Å²) in [5.74, 6) is 0.236. The highest BCUT2D eigenvalue weighted by Gasteiger charge is 2.12. The maximum absolute atomic E-state index is 11.7. The highest BCUT2D eigenvalue weighted by atomic mass is 32.2. The van der Waals surface area contributed by atoms with E-state index in [1.165, 1.54) is 5.56 Å². The Kier molecular flexibility index (Phi) is 4.33. The molecule has 15 heavy (non-hydrogen) atoms. The van der Waals surface area contributed by atoms with E-state index < -0.39 is 9.84 Å². The maximum atomic E-state index is 11.7. The summed E-state index contributed by atoms with van der Waals surface area (Å²) in [6.07, 6.45) is 2.76. The second kappa shape index (κ2) is 5.31. The zero-order chi connectivity index (χ0) is 11.3. The van der Waals surface area contributed by atoms with Gasteiger partial charge in [0, 0.05) is 0 Å². The Morgan fingerprint density at radius 1 is 1.00 bits per heavy atom. The Morgan fingerprint density at radius 3 is 2.07 bits per heavy atom. The summed E-state index contributed by atoms with van der Waals surface area (Å²) in [5.41, 5.74) is 1.20. The highest BCUT2D eigenvalue weighted by molar-refractivity contribution is 7.91. The molecule has 0 aromatic heterocycles. The van der Waals surface area contributed by atoms with Crippen LogP contribution in [0.1, 0.15) is 32.3 Å². The van der Waals surface area contributed by atoms with Crippen molar-refractivity contribution < 1.29 is 8.42 Å². The van der Waals surface area contributed by atoms with Crippen LogP contribution in [0.15, 0.2) is 29.2 Å². The third kappa shape index (κ3) is 3.34. The molecule has 1 aromatic rings. The number of hydrogen-bond acceptors (Lipinski definition) is 2. The van der Waals surface area contributed by atoms with E-state index in [-0.39, 0.29) is 5.75 Å². The van der Waals surface area contributed by atoms with Gasteiger partial charge in [0.1, 0.15) is 0 Å². The molecule has 0 heterocycles. The van der Waals surface area contributed by atoms with Gasteiger partial charge in [-0.15, -0.1) is 0 Å². The van der Waals surface area contributed by atoms with Gasteiger partial charge in [0.25, 0.3) is 0 Å². The van der Waals surface area contributed by atoms with Gasteiger partial charge in [0.2, 0.25) is 0 Å². The predicted molar refractivity (Wildman–Crippen MR) is 62.8 cm³/mol. The Balaban J connectivity index is 2.89. The van der Waals surface area contributed by atoms with Crippen LogP contribution < -0.4 is 0 Å². The minimum atomic E-state index is -3.04. The lowest BCUT2D eigenvalue weighted by Crippen LogP contribution is -2.05. The van der Waals surface area contributed by atoms with Gasteiger partial charge in [-0.05, 0) is 30.5 Å². The van der Waals surface area contributed by atoms with Crippen LogP contribution in [0.3, 0.4) is 0 Å². The van der Waals surface area contributed by atoms with Crippen LogP contribution in [0.25, 0.3) is 0 Å². The summed E-state index contributed by atoms with van der Waals surface area (Å²) in [6.45, 7) is 3.99. The molecule has 0 spiro atoms. The third-order valence-electron chi connectivity index (χ3n) is 2.29. The van der Waals surface area contributed by atoms with E-state index in [1.54, 1.807) is 12.1 Å². The maximum Gasteiger partial charge on any atom is 0.178 e. The summed E-state index contributed by atoms with van der Waals surface area (Å²) in [5, 5.41) is 0. The first-order chi connectivity index (χ1) is 7.10. The van der Waals surface area contributed by atoms with E-state index >= 15 is 0 Å². The summed E-state index contributed by atoms with van der Waals surface area (Å²) in [7, 11) is -3.04. The number of sulfone groups is 1. The van der Waals surface area contributed by atoms with Crippen LogP contribution in [0.4, 0.5) is 0 Å². The van der Waals surface area contributed by atoms with E-state index in [0.29, 0.717) is 11.3 Å². The molecule has 0 N–H and O–H groups in total. The number of aryl methyl sites for hydroxylation is 1. The first kappa shape index (κ1) is 12.2. The van der Waals surface area contributed by atoms with Crippen molar-refractivity contribution in [1.82, 2.24) is 0 Å². The molecule has 0 amide bonds. The fourth-order valence-electron chi connectivity index (χ4n) is 1.54. The molecule has 0 saturated carbocycles. The lowest BCUT2D eigenvalue weighted by Gasteiger charge is -2.04. The predicted octanol–water partition coefficient (Wildman–Crippen LogP) is 2.82. The van der Waals surface area contributed by atoms with Gasteiger partial charge in [0.05, 0.1) is 10.6 Å². The van der Waals surface area contributed by atoms with E-state index in [0.717, 1.165) is 12.8 Å². The fourth-order valence-corrected chi connectivity index (χ4v) is 2.86. The molecule has 0 fully saturated rings. The quantitative estimate of drug-likeness (QED) is 0.773. The Morgan fingerprint density at radius 2 is 1.60 bits per heavy atom. The van der Waals surface area contributed by atoms with Crippen LogP contribution in [-0.4, -0.2) is 14.2 Å². The van der Waals surface area contributed by atoms with Gasteiger partial charge in [0.15, 0.2) is 9.84 Å². The molecular weight excluding hydrogens is 208 g/mol. The fraction of sp³-hybridized carbons (Fsp3) is 0.500. The van der Waals surface area contributed by atoms with Crippen molar-refractivity contribution in [2.75, 3.05) is 5.75 Å². The largest absolute Gasteiger partial charge is 0.224 e. The minimum absolute atomic E-state index is 0.236. The van der Waals surface area contributed by atoms with Gasteiger partial charge in [-0.1, -0.05) is 32.4 Å². The van der Waals surface area contributed by atoms with E-state index in [9.17, 15) is 8.42 Å². The summed E-state index contributed by atoms with van der Waals surface area (Å²) >= 11 is 0. The standard InChI is InChI=1S/C12H18O2S/c1-3-5-11-6-8-12(9-7-11)15(13,14)10-4-2/h6-9H,3-5,10H2,1-2H3. The molecule has 0 aliphatic heterocycles. The lowest BCUT2D eigenvalue weighted by atomic mass is 10.1. The Hall–Kier alpha value is -0.830. The van der Waals surface area contributed by atoms with E-state index in [1.807, 2.05) is 19.1 Å². The molecule has 1 aromatic carbocycles. The summed E-state index contributed by atoms with van der Waals surface area (Å²) < 4.78 is 23.4. The van der Waals surface area contributed by atoms with Crippen LogP contribution in [0.5, 0.6) is 0 Å². The number of benzene rings is 1. The van der Waals surface area contributed by atoms with Crippen molar-refractivity contribution >= 4 is 9.84 Å². The molecule has 0 radical (unpaired) electrons. The van der Waals surface area contributed by atoms with E-state index in [2.05, 4.69) is 6.92 Å². The summed E-state index contributed by atoms with van der Waals surface area (Å²) in [6, 6.07) is 7.25. The second-order valence-corrected chi connectivity index (χ2v) is 5.82. The zero-order valence-electron chi connectivity index (χ0n) is 9.36. The van der Waals surface area contributed by atoms with Crippen LogP contribution >= 0.6 is 0 Å². The number of hydrogen-bond donors (Lipinski definition) is 0. The second-order valence-electron chi connectivity index (χ2n) is 3.71. The van der Waals surface area contributed by atoms with Crippen molar-refractivity contribution in [1.29, 1.82) is 0 Å². The van der Waals surface area contributed by atoms with Gasteiger partial charge in [-0.3, -0.25) is 0 Å². The SMILES string of the molecule is CCCc1ccc(S(=O)(=O)CCC)cc1. The third-order valence-corrected chi connectivity index (χ3v) is 4.23. The van der Waals surface area contributed by atoms with Crippen molar-refractivity contribution in [3.05, 3.63) is 29.8 Å².